The molecule has 0 heterocycles. The minimum Gasteiger partial charge on any atom is -0.489 e. The van der Waals surface area contributed by atoms with Crippen molar-refractivity contribution in [2.45, 2.75) is 0 Å². The van der Waals surface area contributed by atoms with Gasteiger partial charge in [0, 0.05) is 10.8 Å². The zero-order valence-electron chi connectivity index (χ0n) is 20.1. The van der Waals surface area contributed by atoms with Gasteiger partial charge in [0.15, 0.2) is 11.5 Å². The van der Waals surface area contributed by atoms with E-state index in [1.54, 1.807) is 12.1 Å². The van der Waals surface area contributed by atoms with Crippen LogP contribution in [0.4, 0.5) is 0 Å². The fourth-order valence-corrected chi connectivity index (χ4v) is 4.19. The summed E-state index contributed by atoms with van der Waals surface area (Å²) in [6.07, 6.45) is 0. The van der Waals surface area contributed by atoms with Gasteiger partial charge in [-0.2, -0.15) is 0 Å². The highest BCUT2D eigenvalue weighted by molar-refractivity contribution is 5.92. The van der Waals surface area contributed by atoms with Crippen molar-refractivity contribution < 1.29 is 28.8 Å². The number of carboxylic acids is 1. The van der Waals surface area contributed by atoms with Crippen LogP contribution in [-0.2, 0) is 0 Å². The standard InChI is InChI=1S/C31H26O6/c32-31(33)26-14-7-17-29(36-19-18-34-27-15-5-10-22-8-1-3-12-24(22)27)30(26)37-21-20-35-28-16-6-11-23-9-2-4-13-25(23)28/h1-17H,18-21H2,(H,32,33). The zero-order valence-corrected chi connectivity index (χ0v) is 20.1. The summed E-state index contributed by atoms with van der Waals surface area (Å²) in [4.78, 5) is 11.8. The molecule has 5 aromatic carbocycles. The summed E-state index contributed by atoms with van der Waals surface area (Å²) in [5.41, 5.74) is 0.0256. The Hall–Kier alpha value is -4.71. The van der Waals surface area contributed by atoms with E-state index in [0.29, 0.717) is 5.75 Å². The highest BCUT2D eigenvalue weighted by Gasteiger charge is 2.17. The van der Waals surface area contributed by atoms with Crippen LogP contribution in [0.5, 0.6) is 23.0 Å². The molecule has 0 unspecified atom stereocenters. The summed E-state index contributed by atoms with van der Waals surface area (Å²) >= 11 is 0. The van der Waals surface area contributed by atoms with Gasteiger partial charge in [0.25, 0.3) is 0 Å². The molecule has 6 heteroatoms. The maximum Gasteiger partial charge on any atom is 0.339 e. The number of para-hydroxylation sites is 1. The molecule has 0 aromatic heterocycles. The highest BCUT2D eigenvalue weighted by atomic mass is 16.6. The molecule has 0 spiro atoms. The van der Waals surface area contributed by atoms with Crippen LogP contribution in [0.25, 0.3) is 21.5 Å². The Kier molecular flexibility index (Phi) is 7.36. The molecule has 37 heavy (non-hydrogen) atoms. The molecule has 0 bridgehead atoms. The Balaban J connectivity index is 1.21. The molecule has 0 amide bonds. The molecule has 0 aliphatic rings. The number of rotatable bonds is 11. The maximum absolute atomic E-state index is 11.8. The molecule has 0 radical (unpaired) electrons. The number of aromatic carboxylic acids is 1. The monoisotopic (exact) mass is 494 g/mol. The van der Waals surface area contributed by atoms with Crippen molar-refractivity contribution in [1.82, 2.24) is 0 Å². The van der Waals surface area contributed by atoms with Gasteiger partial charge in [-0.15, -0.1) is 0 Å². The van der Waals surface area contributed by atoms with Gasteiger partial charge in [-0.3, -0.25) is 0 Å². The lowest BCUT2D eigenvalue weighted by molar-refractivity contribution is 0.0689. The Morgan fingerprint density at radius 2 is 0.946 bits per heavy atom. The van der Waals surface area contributed by atoms with Gasteiger partial charge in [0.05, 0.1) is 0 Å². The first kappa shape index (κ1) is 24.0. The first-order chi connectivity index (χ1) is 18.2. The number of carbonyl (C=O) groups is 1. The Morgan fingerprint density at radius 3 is 1.51 bits per heavy atom. The molecule has 0 aliphatic heterocycles. The molecule has 5 rings (SSSR count). The fourth-order valence-electron chi connectivity index (χ4n) is 4.19. The summed E-state index contributed by atoms with van der Waals surface area (Å²) in [5, 5.41) is 13.9. The van der Waals surface area contributed by atoms with Crippen molar-refractivity contribution in [3.63, 3.8) is 0 Å². The van der Waals surface area contributed by atoms with E-state index in [9.17, 15) is 9.90 Å². The van der Waals surface area contributed by atoms with Crippen molar-refractivity contribution in [3.05, 3.63) is 109 Å². The molecule has 186 valence electrons. The van der Waals surface area contributed by atoms with Crippen molar-refractivity contribution in [3.8, 4) is 23.0 Å². The lowest BCUT2D eigenvalue weighted by Crippen LogP contribution is -2.14. The predicted octanol–water partition coefficient (Wildman–Crippen LogP) is 6.61. The summed E-state index contributed by atoms with van der Waals surface area (Å²) in [5.74, 6) is 0.925. The maximum atomic E-state index is 11.8. The van der Waals surface area contributed by atoms with Gasteiger partial charge in [-0.05, 0) is 35.0 Å². The third-order valence-corrected chi connectivity index (χ3v) is 5.89. The molecule has 0 fully saturated rings. The van der Waals surface area contributed by atoms with E-state index < -0.39 is 5.97 Å². The number of hydrogen-bond acceptors (Lipinski definition) is 5. The summed E-state index contributed by atoms with van der Waals surface area (Å²) < 4.78 is 23.6. The molecular formula is C31H26O6. The van der Waals surface area contributed by atoms with E-state index in [2.05, 4.69) is 0 Å². The van der Waals surface area contributed by atoms with Gasteiger partial charge in [0.1, 0.15) is 43.5 Å². The molecule has 5 aromatic rings. The van der Waals surface area contributed by atoms with Gasteiger partial charge >= 0.3 is 5.97 Å². The van der Waals surface area contributed by atoms with Crippen molar-refractivity contribution >= 4 is 27.5 Å². The van der Waals surface area contributed by atoms with Crippen LogP contribution in [0, 0.1) is 0 Å². The van der Waals surface area contributed by atoms with Gasteiger partial charge in [-0.25, -0.2) is 4.79 Å². The van der Waals surface area contributed by atoms with E-state index in [-0.39, 0.29) is 37.7 Å². The first-order valence-corrected chi connectivity index (χ1v) is 12.0. The Bertz CT molecular complexity index is 1520. The molecule has 6 nitrogen and oxygen atoms in total. The highest BCUT2D eigenvalue weighted by Crippen LogP contribution is 2.32. The van der Waals surface area contributed by atoms with Crippen LogP contribution >= 0.6 is 0 Å². The second-order valence-electron chi connectivity index (χ2n) is 8.29. The van der Waals surface area contributed by atoms with Crippen LogP contribution in [0.1, 0.15) is 10.4 Å². The zero-order chi connectivity index (χ0) is 25.5. The van der Waals surface area contributed by atoms with Crippen LogP contribution < -0.4 is 18.9 Å². The summed E-state index contributed by atoms with van der Waals surface area (Å²) in [6.45, 7) is 0.895. The second-order valence-corrected chi connectivity index (χ2v) is 8.29. The Morgan fingerprint density at radius 1 is 0.514 bits per heavy atom. The third-order valence-electron chi connectivity index (χ3n) is 5.89. The van der Waals surface area contributed by atoms with E-state index in [0.717, 1.165) is 33.0 Å². The van der Waals surface area contributed by atoms with Crippen LogP contribution in [-0.4, -0.2) is 37.5 Å². The fraction of sp³-hybridized carbons (Fsp3) is 0.129. The number of hydrogen-bond donors (Lipinski definition) is 1. The summed E-state index contributed by atoms with van der Waals surface area (Å²) in [6, 6.07) is 32.5. The lowest BCUT2D eigenvalue weighted by Gasteiger charge is -2.16. The van der Waals surface area contributed by atoms with E-state index in [1.807, 2.05) is 84.9 Å². The van der Waals surface area contributed by atoms with E-state index >= 15 is 0 Å². The Labute approximate surface area is 214 Å². The normalized spacial score (nSPS) is 10.8. The SMILES string of the molecule is O=C(O)c1cccc(OCCOc2cccc3ccccc23)c1OCCOc1cccc2ccccc12. The molecular weight excluding hydrogens is 468 g/mol. The van der Waals surface area contributed by atoms with Crippen LogP contribution in [0.2, 0.25) is 0 Å². The summed E-state index contributed by atoms with van der Waals surface area (Å²) in [7, 11) is 0. The first-order valence-electron chi connectivity index (χ1n) is 12.0. The molecule has 0 saturated carbocycles. The van der Waals surface area contributed by atoms with Crippen LogP contribution in [0.15, 0.2) is 103 Å². The van der Waals surface area contributed by atoms with Gasteiger partial charge < -0.3 is 24.1 Å². The van der Waals surface area contributed by atoms with Gasteiger partial charge in [0.2, 0.25) is 0 Å². The van der Waals surface area contributed by atoms with Crippen molar-refractivity contribution in [2.75, 3.05) is 26.4 Å². The van der Waals surface area contributed by atoms with Gasteiger partial charge in [-0.1, -0.05) is 78.9 Å². The molecule has 0 atom stereocenters. The average Bonchev–Trinajstić information content (AvgIpc) is 2.93. The van der Waals surface area contributed by atoms with E-state index in [1.165, 1.54) is 6.07 Å². The molecule has 0 aliphatic carbocycles. The topological polar surface area (TPSA) is 74.2 Å². The number of fused-ring (bicyclic) bond motifs is 2. The minimum absolute atomic E-state index is 0.0256. The van der Waals surface area contributed by atoms with Crippen molar-refractivity contribution in [1.29, 1.82) is 0 Å². The van der Waals surface area contributed by atoms with E-state index in [4.69, 9.17) is 18.9 Å². The second kappa shape index (κ2) is 11.4. The van der Waals surface area contributed by atoms with Crippen molar-refractivity contribution in [2.24, 2.45) is 0 Å². The van der Waals surface area contributed by atoms with Crippen LogP contribution in [0.3, 0.4) is 0 Å². The molecule has 0 saturated heterocycles. The average molecular weight is 495 g/mol. The largest absolute Gasteiger partial charge is 0.489 e. The lowest BCUT2D eigenvalue weighted by atomic mass is 10.1. The number of ether oxygens (including phenoxy) is 4. The molecule has 1 N–H and O–H groups in total. The minimum atomic E-state index is -1.09. The quantitative estimate of drug-likeness (QED) is 0.208. The third kappa shape index (κ3) is 5.59. The number of carboxylic acid groups (broad SMARTS) is 1. The number of benzene rings is 5. The predicted molar refractivity (Wildman–Crippen MR) is 143 cm³/mol. The smallest absolute Gasteiger partial charge is 0.339 e.